The fraction of sp³-hybridized carbons (Fsp3) is 0.176. The van der Waals surface area contributed by atoms with E-state index in [4.69, 9.17) is 5.26 Å². The van der Waals surface area contributed by atoms with E-state index < -0.39 is 10.0 Å². The zero-order chi connectivity index (χ0) is 18.3. The van der Waals surface area contributed by atoms with Crippen molar-refractivity contribution in [2.24, 2.45) is 0 Å². The molecule has 0 atom stereocenters. The summed E-state index contributed by atoms with van der Waals surface area (Å²) >= 11 is 3.24. The maximum atomic E-state index is 12.1. The minimum absolute atomic E-state index is 0.0115. The first-order valence-electron chi connectivity index (χ1n) is 7.42. The largest absolute Gasteiger partial charge is 0.352 e. The summed E-state index contributed by atoms with van der Waals surface area (Å²) in [5, 5.41) is 11.4. The number of nitrogens with zero attached hydrogens (tertiary/aromatic N) is 1. The number of hydrogen-bond donors (Lipinski definition) is 2. The van der Waals surface area contributed by atoms with E-state index in [-0.39, 0.29) is 23.8 Å². The van der Waals surface area contributed by atoms with Crippen molar-refractivity contribution in [2.75, 3.05) is 6.54 Å². The summed E-state index contributed by atoms with van der Waals surface area (Å²) in [6.45, 7) is 0.335. The molecule has 0 aromatic heterocycles. The van der Waals surface area contributed by atoms with E-state index in [1.54, 1.807) is 36.4 Å². The molecule has 0 aliphatic rings. The van der Waals surface area contributed by atoms with Gasteiger partial charge >= 0.3 is 0 Å². The number of sulfonamides is 1. The molecule has 0 radical (unpaired) electrons. The smallest absolute Gasteiger partial charge is 0.240 e. The fourth-order valence-electron chi connectivity index (χ4n) is 1.98. The maximum Gasteiger partial charge on any atom is 0.240 e. The van der Waals surface area contributed by atoms with Crippen LogP contribution in [0.1, 0.15) is 17.5 Å². The van der Waals surface area contributed by atoms with Crippen molar-refractivity contribution in [2.45, 2.75) is 17.9 Å². The number of halogens is 1. The number of carbonyl (C=O) groups is 1. The van der Waals surface area contributed by atoms with Crippen LogP contribution in [0.3, 0.4) is 0 Å². The summed E-state index contributed by atoms with van der Waals surface area (Å²) in [4.78, 5) is 11.9. The van der Waals surface area contributed by atoms with Crippen molar-refractivity contribution in [3.8, 4) is 6.07 Å². The molecule has 2 aromatic carbocycles. The third-order valence-corrected chi connectivity index (χ3v) is 5.35. The minimum atomic E-state index is -3.63. The Kier molecular flexibility index (Phi) is 6.70. The lowest BCUT2D eigenvalue weighted by Crippen LogP contribution is -2.30. The second-order valence-corrected chi connectivity index (χ2v) is 7.87. The van der Waals surface area contributed by atoms with Gasteiger partial charge in [-0.25, -0.2) is 13.1 Å². The molecule has 0 aliphatic heterocycles. The molecule has 0 saturated carbocycles. The number of nitrogens with one attached hydrogen (secondary N) is 2. The topological polar surface area (TPSA) is 99.1 Å². The number of hydrogen-bond acceptors (Lipinski definition) is 4. The van der Waals surface area contributed by atoms with Gasteiger partial charge in [-0.1, -0.05) is 28.1 Å². The van der Waals surface area contributed by atoms with Gasteiger partial charge in [-0.2, -0.15) is 5.26 Å². The Bertz CT molecular complexity index is 873. The van der Waals surface area contributed by atoms with Crippen LogP contribution in [-0.2, 0) is 21.4 Å². The molecule has 25 heavy (non-hydrogen) atoms. The Balaban J connectivity index is 1.77. The van der Waals surface area contributed by atoms with Gasteiger partial charge in [0.05, 0.1) is 16.5 Å². The molecule has 0 aliphatic carbocycles. The van der Waals surface area contributed by atoms with Gasteiger partial charge in [0.1, 0.15) is 0 Å². The molecule has 8 heteroatoms. The monoisotopic (exact) mass is 421 g/mol. The van der Waals surface area contributed by atoms with E-state index >= 15 is 0 Å². The van der Waals surface area contributed by atoms with Crippen LogP contribution >= 0.6 is 15.9 Å². The first-order valence-corrected chi connectivity index (χ1v) is 9.69. The summed E-state index contributed by atoms with van der Waals surface area (Å²) in [6, 6.07) is 15.1. The van der Waals surface area contributed by atoms with Gasteiger partial charge in [-0.05, 0) is 42.0 Å². The van der Waals surface area contributed by atoms with Gasteiger partial charge in [0, 0.05) is 24.0 Å². The van der Waals surface area contributed by atoms with Crippen molar-refractivity contribution in [1.29, 1.82) is 5.26 Å². The summed E-state index contributed by atoms with van der Waals surface area (Å²) in [5.41, 5.74) is 1.42. The van der Waals surface area contributed by atoms with Crippen molar-refractivity contribution in [3.63, 3.8) is 0 Å². The molecule has 2 rings (SSSR count). The number of amides is 1. The van der Waals surface area contributed by atoms with Crippen LogP contribution in [0.2, 0.25) is 0 Å². The lowest BCUT2D eigenvalue weighted by molar-refractivity contribution is -0.121. The van der Waals surface area contributed by atoms with E-state index in [9.17, 15) is 13.2 Å². The van der Waals surface area contributed by atoms with Crippen LogP contribution < -0.4 is 10.0 Å². The summed E-state index contributed by atoms with van der Waals surface area (Å²) in [5.74, 6) is -0.261. The Labute approximate surface area is 155 Å². The van der Waals surface area contributed by atoms with Crippen LogP contribution in [0.25, 0.3) is 0 Å². The highest BCUT2D eigenvalue weighted by atomic mass is 79.9. The predicted octanol–water partition coefficient (Wildman–Crippen LogP) is 2.31. The van der Waals surface area contributed by atoms with Crippen molar-refractivity contribution in [3.05, 3.63) is 64.1 Å². The van der Waals surface area contributed by atoms with Crippen LogP contribution in [0.4, 0.5) is 0 Å². The molecular formula is C17H16BrN3O3S. The fourth-order valence-corrected chi connectivity index (χ4v) is 3.28. The summed E-state index contributed by atoms with van der Waals surface area (Å²) < 4.78 is 27.3. The maximum absolute atomic E-state index is 12.1. The Morgan fingerprint density at radius 1 is 1.08 bits per heavy atom. The third kappa shape index (κ3) is 5.98. The minimum Gasteiger partial charge on any atom is -0.352 e. The average molecular weight is 422 g/mol. The Hall–Kier alpha value is -2.21. The average Bonchev–Trinajstić information content (AvgIpc) is 2.60. The molecule has 0 unspecified atom stereocenters. The second kappa shape index (κ2) is 8.76. The molecule has 0 fully saturated rings. The van der Waals surface area contributed by atoms with Gasteiger partial charge in [0.25, 0.3) is 0 Å². The van der Waals surface area contributed by atoms with E-state index in [0.717, 1.165) is 10.0 Å². The molecule has 1 amide bonds. The van der Waals surface area contributed by atoms with E-state index in [1.165, 1.54) is 12.1 Å². The van der Waals surface area contributed by atoms with Gasteiger partial charge < -0.3 is 5.32 Å². The van der Waals surface area contributed by atoms with Crippen LogP contribution in [0.5, 0.6) is 0 Å². The molecule has 0 heterocycles. The molecule has 2 N–H and O–H groups in total. The molecule has 6 nitrogen and oxygen atoms in total. The highest BCUT2D eigenvalue weighted by Crippen LogP contribution is 2.14. The first-order chi connectivity index (χ1) is 11.9. The number of carbonyl (C=O) groups excluding carboxylic acids is 1. The Morgan fingerprint density at radius 3 is 2.32 bits per heavy atom. The standard InChI is InChI=1S/C17H16BrN3O3S/c18-15-5-7-16(8-6-15)25(23,24)21-10-9-17(22)20-12-14-3-1-13(11-19)2-4-14/h1-8,21H,9-10,12H2,(H,20,22). The third-order valence-electron chi connectivity index (χ3n) is 3.34. The van der Waals surface area contributed by atoms with Crippen LogP contribution in [0.15, 0.2) is 57.9 Å². The Morgan fingerprint density at radius 2 is 1.72 bits per heavy atom. The van der Waals surface area contributed by atoms with Crippen molar-refractivity contribution in [1.82, 2.24) is 10.0 Å². The lowest BCUT2D eigenvalue weighted by atomic mass is 10.1. The van der Waals surface area contributed by atoms with Gasteiger partial charge in [-0.3, -0.25) is 4.79 Å². The second-order valence-electron chi connectivity index (χ2n) is 5.19. The molecule has 0 saturated heterocycles. The van der Waals surface area contributed by atoms with Crippen LogP contribution in [-0.4, -0.2) is 20.9 Å². The highest BCUT2D eigenvalue weighted by molar-refractivity contribution is 9.10. The van der Waals surface area contributed by atoms with Gasteiger partial charge in [-0.15, -0.1) is 0 Å². The molecule has 0 bridgehead atoms. The quantitative estimate of drug-likeness (QED) is 0.716. The van der Waals surface area contributed by atoms with E-state index in [0.29, 0.717) is 12.1 Å². The van der Waals surface area contributed by atoms with Gasteiger partial charge in [0.2, 0.25) is 15.9 Å². The zero-order valence-electron chi connectivity index (χ0n) is 13.2. The normalized spacial score (nSPS) is 10.9. The molecular weight excluding hydrogens is 406 g/mol. The summed E-state index contributed by atoms with van der Waals surface area (Å²) in [7, 11) is -3.63. The van der Waals surface area contributed by atoms with E-state index in [2.05, 4.69) is 26.0 Å². The highest BCUT2D eigenvalue weighted by Gasteiger charge is 2.13. The SMILES string of the molecule is N#Cc1ccc(CNC(=O)CCNS(=O)(=O)c2ccc(Br)cc2)cc1. The number of rotatable bonds is 7. The lowest BCUT2D eigenvalue weighted by Gasteiger charge is -2.08. The number of benzene rings is 2. The van der Waals surface area contributed by atoms with Crippen molar-refractivity contribution < 1.29 is 13.2 Å². The van der Waals surface area contributed by atoms with E-state index in [1.807, 2.05) is 6.07 Å². The first kappa shape index (κ1) is 19.1. The molecule has 130 valence electrons. The zero-order valence-corrected chi connectivity index (χ0v) is 15.6. The number of nitriles is 1. The molecule has 0 spiro atoms. The van der Waals surface area contributed by atoms with Gasteiger partial charge in [0.15, 0.2) is 0 Å². The van der Waals surface area contributed by atoms with Crippen molar-refractivity contribution >= 4 is 31.9 Å². The predicted molar refractivity (Wildman–Crippen MR) is 97.0 cm³/mol. The molecule has 2 aromatic rings. The van der Waals surface area contributed by atoms with Crippen LogP contribution in [0, 0.1) is 11.3 Å². The summed E-state index contributed by atoms with van der Waals surface area (Å²) in [6.07, 6.45) is 0.0338.